The van der Waals surface area contributed by atoms with Gasteiger partial charge in [0.25, 0.3) is 0 Å². The smallest absolute Gasteiger partial charge is 0.0767 e. The lowest BCUT2D eigenvalue weighted by Gasteiger charge is -2.25. The van der Waals surface area contributed by atoms with Crippen molar-refractivity contribution in [3.63, 3.8) is 0 Å². The van der Waals surface area contributed by atoms with Crippen LogP contribution in [0.25, 0.3) is 0 Å². The van der Waals surface area contributed by atoms with Crippen molar-refractivity contribution in [3.05, 3.63) is 44.8 Å². The molecule has 2 aromatic rings. The first-order valence-corrected chi connectivity index (χ1v) is 8.64. The highest BCUT2D eigenvalue weighted by molar-refractivity contribution is 7.11. The lowest BCUT2D eigenvalue weighted by molar-refractivity contribution is 0.0966. The van der Waals surface area contributed by atoms with Crippen molar-refractivity contribution in [3.8, 4) is 0 Å². The largest absolute Gasteiger partial charge is 0.373 e. The van der Waals surface area contributed by atoms with Gasteiger partial charge in [0, 0.05) is 15.8 Å². The zero-order valence-electron chi connectivity index (χ0n) is 10.6. The highest BCUT2D eigenvalue weighted by atomic mass is 32.1. The van der Waals surface area contributed by atoms with Gasteiger partial charge >= 0.3 is 0 Å². The van der Waals surface area contributed by atoms with E-state index in [1.165, 1.54) is 29.0 Å². The summed E-state index contributed by atoms with van der Waals surface area (Å²) in [6.45, 7) is 0. The third kappa shape index (κ3) is 2.27. The third-order valence-electron chi connectivity index (χ3n) is 4.14. The standard InChI is InChI=1S/C15H17NOS2/c1-3-13(18-7-1)15(14-4-2-8-19-14)16-11-9-10-5-6-12(11)17-10/h1-4,7-8,10-12,15-16H,5-6,9H2. The molecule has 2 nitrogen and oxygen atoms in total. The fraction of sp³-hybridized carbons (Fsp3) is 0.467. The minimum Gasteiger partial charge on any atom is -0.373 e. The van der Waals surface area contributed by atoms with E-state index in [2.05, 4.69) is 40.3 Å². The number of rotatable bonds is 4. The van der Waals surface area contributed by atoms with Gasteiger partial charge in [-0.3, -0.25) is 5.32 Å². The molecule has 4 rings (SSSR count). The zero-order chi connectivity index (χ0) is 12.7. The van der Waals surface area contributed by atoms with E-state index < -0.39 is 0 Å². The molecule has 4 heteroatoms. The van der Waals surface area contributed by atoms with Gasteiger partial charge in [-0.2, -0.15) is 0 Å². The predicted octanol–water partition coefficient (Wildman–Crippen LogP) is 3.81. The summed E-state index contributed by atoms with van der Waals surface area (Å²) in [5, 5.41) is 8.17. The van der Waals surface area contributed by atoms with Crippen LogP contribution in [0.4, 0.5) is 0 Å². The average molecular weight is 291 g/mol. The van der Waals surface area contributed by atoms with Crippen molar-refractivity contribution >= 4 is 22.7 Å². The molecule has 19 heavy (non-hydrogen) atoms. The van der Waals surface area contributed by atoms with E-state index in [-0.39, 0.29) is 0 Å². The Morgan fingerprint density at radius 2 is 1.84 bits per heavy atom. The molecule has 100 valence electrons. The van der Waals surface area contributed by atoms with Crippen molar-refractivity contribution in [1.82, 2.24) is 5.32 Å². The Kier molecular flexibility index (Phi) is 3.19. The minimum absolute atomic E-state index is 0.341. The highest BCUT2D eigenvalue weighted by Gasteiger charge is 2.41. The SMILES string of the molecule is c1csc(C(NC2CC3CCC2O3)c2cccs2)c1. The lowest BCUT2D eigenvalue weighted by Crippen LogP contribution is -2.39. The Balaban J connectivity index is 1.57. The monoisotopic (exact) mass is 291 g/mol. The van der Waals surface area contributed by atoms with Crippen LogP contribution in [0, 0.1) is 0 Å². The highest BCUT2D eigenvalue weighted by Crippen LogP contribution is 2.37. The van der Waals surface area contributed by atoms with Gasteiger partial charge in [0.2, 0.25) is 0 Å². The Morgan fingerprint density at radius 1 is 1.11 bits per heavy atom. The van der Waals surface area contributed by atoms with Crippen LogP contribution in [0.3, 0.4) is 0 Å². The summed E-state index contributed by atoms with van der Waals surface area (Å²) in [5.41, 5.74) is 0. The van der Waals surface area contributed by atoms with Crippen molar-refractivity contribution in [2.24, 2.45) is 0 Å². The van der Waals surface area contributed by atoms with Crippen molar-refractivity contribution in [2.45, 2.75) is 43.6 Å². The first-order chi connectivity index (χ1) is 9.40. The fourth-order valence-corrected chi connectivity index (χ4v) is 4.92. The summed E-state index contributed by atoms with van der Waals surface area (Å²) < 4.78 is 5.96. The van der Waals surface area contributed by atoms with Gasteiger partial charge in [-0.1, -0.05) is 12.1 Å². The van der Waals surface area contributed by atoms with Crippen LogP contribution in [-0.2, 0) is 4.74 Å². The topological polar surface area (TPSA) is 21.3 Å². The molecule has 0 radical (unpaired) electrons. The second-order valence-corrected chi connectivity index (χ2v) is 7.31. The second kappa shape index (κ2) is 5.02. The lowest BCUT2D eigenvalue weighted by atomic mass is 9.94. The Bertz CT molecular complexity index is 488. The molecule has 1 N–H and O–H groups in total. The molecule has 0 aromatic carbocycles. The number of hydrogen-bond donors (Lipinski definition) is 1. The summed E-state index contributed by atoms with van der Waals surface area (Å²) in [4.78, 5) is 2.82. The number of fused-ring (bicyclic) bond motifs is 2. The van der Waals surface area contributed by atoms with Crippen molar-refractivity contribution in [2.75, 3.05) is 0 Å². The molecule has 0 aliphatic carbocycles. The molecule has 4 heterocycles. The van der Waals surface area contributed by atoms with Gasteiger partial charge in [-0.25, -0.2) is 0 Å². The van der Waals surface area contributed by atoms with Gasteiger partial charge in [0.15, 0.2) is 0 Å². The van der Waals surface area contributed by atoms with Crippen LogP contribution in [0.5, 0.6) is 0 Å². The molecule has 2 bridgehead atoms. The molecule has 3 atom stereocenters. The number of thiophene rings is 2. The maximum absolute atomic E-state index is 5.96. The molecule has 3 unspecified atom stereocenters. The first-order valence-electron chi connectivity index (χ1n) is 6.88. The summed E-state index contributed by atoms with van der Waals surface area (Å²) in [6, 6.07) is 9.60. The van der Waals surface area contributed by atoms with Gasteiger partial charge < -0.3 is 4.74 Å². The van der Waals surface area contributed by atoms with Gasteiger partial charge in [-0.15, -0.1) is 22.7 Å². The number of hydrogen-bond acceptors (Lipinski definition) is 4. The van der Waals surface area contributed by atoms with Crippen LogP contribution < -0.4 is 5.32 Å². The van der Waals surface area contributed by atoms with Crippen molar-refractivity contribution < 1.29 is 4.74 Å². The average Bonchev–Trinajstić information content (AvgIpc) is 3.18. The maximum Gasteiger partial charge on any atom is 0.0767 e. The Morgan fingerprint density at radius 3 is 2.32 bits per heavy atom. The van der Waals surface area contributed by atoms with E-state index in [0.29, 0.717) is 24.3 Å². The summed E-state index contributed by atoms with van der Waals surface area (Å²) >= 11 is 3.67. The van der Waals surface area contributed by atoms with E-state index in [1.54, 1.807) is 0 Å². The summed E-state index contributed by atoms with van der Waals surface area (Å²) in [7, 11) is 0. The molecule has 2 fully saturated rings. The van der Waals surface area contributed by atoms with Crippen LogP contribution in [0.15, 0.2) is 35.0 Å². The molecular formula is C15H17NOS2. The minimum atomic E-state index is 0.341. The third-order valence-corrected chi connectivity index (χ3v) is 6.02. The van der Waals surface area contributed by atoms with E-state index in [1.807, 2.05) is 22.7 Å². The van der Waals surface area contributed by atoms with Crippen LogP contribution in [-0.4, -0.2) is 18.2 Å². The summed E-state index contributed by atoms with van der Waals surface area (Å²) in [6.07, 6.45) is 4.61. The van der Waals surface area contributed by atoms with E-state index >= 15 is 0 Å². The van der Waals surface area contributed by atoms with Crippen LogP contribution in [0.2, 0.25) is 0 Å². The molecule has 0 spiro atoms. The number of ether oxygens (including phenoxy) is 1. The number of nitrogens with one attached hydrogen (secondary N) is 1. The predicted molar refractivity (Wildman–Crippen MR) is 79.9 cm³/mol. The molecule has 2 aliphatic rings. The first kappa shape index (κ1) is 12.1. The van der Waals surface area contributed by atoms with E-state index in [9.17, 15) is 0 Å². The Labute approximate surface area is 121 Å². The van der Waals surface area contributed by atoms with Crippen LogP contribution in [0.1, 0.15) is 35.1 Å². The molecule has 2 aromatic heterocycles. The second-order valence-electron chi connectivity index (χ2n) is 5.35. The van der Waals surface area contributed by atoms with Gasteiger partial charge in [0.05, 0.1) is 18.2 Å². The van der Waals surface area contributed by atoms with Gasteiger partial charge in [-0.05, 0) is 42.2 Å². The summed E-state index contributed by atoms with van der Waals surface area (Å²) in [5.74, 6) is 0. The zero-order valence-corrected chi connectivity index (χ0v) is 12.3. The normalized spacial score (nSPS) is 29.4. The van der Waals surface area contributed by atoms with E-state index in [4.69, 9.17) is 4.74 Å². The van der Waals surface area contributed by atoms with Gasteiger partial charge in [0.1, 0.15) is 0 Å². The molecular weight excluding hydrogens is 274 g/mol. The van der Waals surface area contributed by atoms with E-state index in [0.717, 1.165) is 0 Å². The molecule has 0 amide bonds. The van der Waals surface area contributed by atoms with Crippen molar-refractivity contribution in [1.29, 1.82) is 0 Å². The maximum atomic E-state index is 5.96. The molecule has 2 saturated heterocycles. The Hall–Kier alpha value is -0.680. The fourth-order valence-electron chi connectivity index (χ4n) is 3.24. The molecule has 2 aliphatic heterocycles. The molecule has 0 saturated carbocycles. The van der Waals surface area contributed by atoms with Crippen LogP contribution >= 0.6 is 22.7 Å². The quantitative estimate of drug-likeness (QED) is 0.925.